The second-order valence-corrected chi connectivity index (χ2v) is 6.46. The minimum atomic E-state index is -0.798. The van der Waals surface area contributed by atoms with Gasteiger partial charge in [0.15, 0.2) is 5.84 Å². The largest absolute Gasteiger partial charge is 0.409 e. The average Bonchev–Trinajstić information content (AvgIpc) is 2.86. The van der Waals surface area contributed by atoms with Crippen molar-refractivity contribution >= 4 is 11.7 Å². The van der Waals surface area contributed by atoms with Gasteiger partial charge in [0.1, 0.15) is 5.41 Å². The molecule has 1 saturated carbocycles. The molecule has 6 heteroatoms. The summed E-state index contributed by atoms with van der Waals surface area (Å²) >= 11 is 0. The summed E-state index contributed by atoms with van der Waals surface area (Å²) in [6.07, 6.45) is 3.80. The lowest BCUT2D eigenvalue weighted by Gasteiger charge is -2.44. The fourth-order valence-corrected chi connectivity index (χ4v) is 3.50. The third-order valence-corrected chi connectivity index (χ3v) is 4.53. The molecule has 1 amide bonds. The van der Waals surface area contributed by atoms with E-state index >= 15 is 0 Å². The first kappa shape index (κ1) is 15.1. The van der Waals surface area contributed by atoms with Crippen molar-refractivity contribution < 1.29 is 10.0 Å². The highest BCUT2D eigenvalue weighted by Crippen LogP contribution is 2.45. The van der Waals surface area contributed by atoms with Gasteiger partial charge in [0.2, 0.25) is 5.91 Å². The van der Waals surface area contributed by atoms with Gasteiger partial charge in [-0.05, 0) is 51.6 Å². The van der Waals surface area contributed by atoms with Crippen LogP contribution < -0.4 is 11.1 Å². The highest BCUT2D eigenvalue weighted by atomic mass is 16.4. The zero-order valence-electron chi connectivity index (χ0n) is 12.4. The second-order valence-electron chi connectivity index (χ2n) is 6.46. The molecule has 1 atom stereocenters. The first-order valence-corrected chi connectivity index (χ1v) is 7.49. The first-order valence-electron chi connectivity index (χ1n) is 7.49. The van der Waals surface area contributed by atoms with Crippen molar-refractivity contribution in [2.75, 3.05) is 19.6 Å². The predicted octanol–water partition coefficient (Wildman–Crippen LogP) is 0.750. The lowest BCUT2D eigenvalue weighted by Crippen LogP contribution is -2.58. The molecule has 1 unspecified atom stereocenters. The summed E-state index contributed by atoms with van der Waals surface area (Å²) in [6.45, 7) is 7.18. The maximum absolute atomic E-state index is 12.5. The Bertz CT molecular complexity index is 385. The number of rotatable bonds is 5. The Morgan fingerprint density at radius 2 is 2.10 bits per heavy atom. The molecule has 0 radical (unpaired) electrons. The molecule has 20 heavy (non-hydrogen) atoms. The van der Waals surface area contributed by atoms with Crippen LogP contribution >= 0.6 is 0 Å². The van der Waals surface area contributed by atoms with E-state index in [1.165, 1.54) is 12.8 Å². The van der Waals surface area contributed by atoms with Crippen LogP contribution in [0, 0.1) is 11.3 Å². The first-order chi connectivity index (χ1) is 9.48. The number of nitrogens with zero attached hydrogens (tertiary/aromatic N) is 2. The van der Waals surface area contributed by atoms with E-state index in [1.807, 2.05) is 6.92 Å². The molecule has 2 fully saturated rings. The molecule has 1 aliphatic carbocycles. The molecule has 2 rings (SSSR count). The number of nitrogens with two attached hydrogens (primary N) is 1. The molecular formula is C14H26N4O2. The maximum Gasteiger partial charge on any atom is 0.234 e. The summed E-state index contributed by atoms with van der Waals surface area (Å²) in [5, 5.41) is 15.0. The monoisotopic (exact) mass is 282 g/mol. The summed E-state index contributed by atoms with van der Waals surface area (Å²) in [5.74, 6) is 0.383. The van der Waals surface area contributed by atoms with Crippen LogP contribution in [0.15, 0.2) is 5.16 Å². The molecule has 2 aliphatic rings. The summed E-state index contributed by atoms with van der Waals surface area (Å²) in [5.41, 5.74) is 4.95. The SMILES string of the molecule is CC1CC(C(=O)NC(C)CN2CCCC2)(C(N)=NO)C1. The Kier molecular flexibility index (Phi) is 4.52. The lowest BCUT2D eigenvalue weighted by atomic mass is 9.61. The van der Waals surface area contributed by atoms with Gasteiger partial charge in [-0.1, -0.05) is 12.1 Å². The third-order valence-electron chi connectivity index (χ3n) is 4.53. The molecule has 1 aliphatic heterocycles. The van der Waals surface area contributed by atoms with Gasteiger partial charge in [-0.2, -0.15) is 0 Å². The van der Waals surface area contributed by atoms with Crippen molar-refractivity contribution in [3.05, 3.63) is 0 Å². The van der Waals surface area contributed by atoms with Gasteiger partial charge in [-0.25, -0.2) is 0 Å². The van der Waals surface area contributed by atoms with Crippen LogP contribution in [0.25, 0.3) is 0 Å². The molecule has 1 heterocycles. The summed E-state index contributed by atoms with van der Waals surface area (Å²) in [6, 6.07) is 0.0832. The molecule has 0 aromatic carbocycles. The van der Waals surface area contributed by atoms with Gasteiger partial charge in [0, 0.05) is 12.6 Å². The Morgan fingerprint density at radius 1 is 1.50 bits per heavy atom. The number of carbonyl (C=O) groups excluding carboxylic acids is 1. The number of hydrogen-bond acceptors (Lipinski definition) is 4. The number of nitrogens with one attached hydrogen (secondary N) is 1. The van der Waals surface area contributed by atoms with E-state index in [1.54, 1.807) is 0 Å². The van der Waals surface area contributed by atoms with Crippen molar-refractivity contribution in [2.45, 2.75) is 45.6 Å². The van der Waals surface area contributed by atoms with E-state index in [0.29, 0.717) is 18.8 Å². The fourth-order valence-electron chi connectivity index (χ4n) is 3.50. The van der Waals surface area contributed by atoms with Crippen molar-refractivity contribution in [1.29, 1.82) is 0 Å². The van der Waals surface area contributed by atoms with Crippen molar-refractivity contribution in [3.8, 4) is 0 Å². The van der Waals surface area contributed by atoms with Crippen molar-refractivity contribution in [1.82, 2.24) is 10.2 Å². The predicted molar refractivity (Wildman–Crippen MR) is 77.5 cm³/mol. The Balaban J connectivity index is 1.92. The number of likely N-dealkylation sites (tertiary alicyclic amines) is 1. The Morgan fingerprint density at radius 3 is 2.60 bits per heavy atom. The fraction of sp³-hybridized carbons (Fsp3) is 0.857. The van der Waals surface area contributed by atoms with Gasteiger partial charge in [-0.15, -0.1) is 0 Å². The van der Waals surface area contributed by atoms with Gasteiger partial charge in [0.25, 0.3) is 0 Å². The molecule has 114 valence electrons. The van der Waals surface area contributed by atoms with Crippen LogP contribution in [0.2, 0.25) is 0 Å². The zero-order chi connectivity index (χ0) is 14.8. The highest BCUT2D eigenvalue weighted by Gasteiger charge is 2.52. The third kappa shape index (κ3) is 2.90. The topological polar surface area (TPSA) is 91.0 Å². The molecule has 4 N–H and O–H groups in total. The molecule has 0 aromatic heterocycles. The molecule has 0 bridgehead atoms. The second kappa shape index (κ2) is 5.99. The lowest BCUT2D eigenvalue weighted by molar-refractivity contribution is -0.133. The Labute approximate surface area is 120 Å². The average molecular weight is 282 g/mol. The van der Waals surface area contributed by atoms with E-state index in [-0.39, 0.29) is 17.8 Å². The number of carbonyl (C=O) groups is 1. The number of amides is 1. The van der Waals surface area contributed by atoms with Crippen LogP contribution in [0.5, 0.6) is 0 Å². The molecule has 6 nitrogen and oxygen atoms in total. The summed E-state index contributed by atoms with van der Waals surface area (Å²) in [4.78, 5) is 14.8. The molecule has 0 aromatic rings. The summed E-state index contributed by atoms with van der Waals surface area (Å²) in [7, 11) is 0. The Hall–Kier alpha value is -1.30. The highest BCUT2D eigenvalue weighted by molar-refractivity contribution is 6.07. The number of oxime groups is 1. The van der Waals surface area contributed by atoms with Crippen LogP contribution in [-0.4, -0.2) is 47.5 Å². The van der Waals surface area contributed by atoms with E-state index in [2.05, 4.69) is 22.3 Å². The van der Waals surface area contributed by atoms with Crippen LogP contribution in [-0.2, 0) is 4.79 Å². The van der Waals surface area contributed by atoms with Crippen LogP contribution in [0.4, 0.5) is 0 Å². The smallest absolute Gasteiger partial charge is 0.234 e. The summed E-state index contributed by atoms with van der Waals surface area (Å²) < 4.78 is 0. The van der Waals surface area contributed by atoms with E-state index in [9.17, 15) is 4.79 Å². The molecule has 0 spiro atoms. The van der Waals surface area contributed by atoms with Crippen molar-refractivity contribution in [3.63, 3.8) is 0 Å². The van der Waals surface area contributed by atoms with Crippen LogP contribution in [0.1, 0.15) is 39.5 Å². The number of hydrogen-bond donors (Lipinski definition) is 3. The zero-order valence-corrected chi connectivity index (χ0v) is 12.4. The standard InChI is InChI=1S/C14H26N4O2/c1-10-7-14(8-10,12(15)17-20)13(19)16-11(2)9-18-5-3-4-6-18/h10-11,20H,3-9H2,1-2H3,(H2,15,17)(H,16,19). The normalized spacial score (nSPS) is 32.7. The molecular weight excluding hydrogens is 256 g/mol. The quantitative estimate of drug-likeness (QED) is 0.300. The van der Waals surface area contributed by atoms with Gasteiger partial charge >= 0.3 is 0 Å². The number of amidine groups is 1. The van der Waals surface area contributed by atoms with E-state index < -0.39 is 5.41 Å². The molecule has 1 saturated heterocycles. The van der Waals surface area contributed by atoms with Crippen molar-refractivity contribution in [2.24, 2.45) is 22.2 Å². The van der Waals surface area contributed by atoms with Gasteiger partial charge in [0.05, 0.1) is 0 Å². The maximum atomic E-state index is 12.5. The van der Waals surface area contributed by atoms with E-state index in [4.69, 9.17) is 10.9 Å². The van der Waals surface area contributed by atoms with Crippen LogP contribution in [0.3, 0.4) is 0 Å². The minimum Gasteiger partial charge on any atom is -0.409 e. The van der Waals surface area contributed by atoms with Gasteiger partial charge in [-0.3, -0.25) is 4.79 Å². The van der Waals surface area contributed by atoms with Gasteiger partial charge < -0.3 is 21.2 Å². The van der Waals surface area contributed by atoms with E-state index in [0.717, 1.165) is 19.6 Å². The minimum absolute atomic E-state index is 0.0430.